The maximum atomic E-state index is 14.6. The van der Waals surface area contributed by atoms with Gasteiger partial charge in [-0.2, -0.15) is 5.10 Å². The van der Waals surface area contributed by atoms with Gasteiger partial charge in [-0.3, -0.25) is 9.69 Å². The summed E-state index contributed by atoms with van der Waals surface area (Å²) in [5.41, 5.74) is 1.11. The van der Waals surface area contributed by atoms with E-state index in [-0.39, 0.29) is 5.56 Å². The summed E-state index contributed by atoms with van der Waals surface area (Å²) >= 11 is 0. The van der Waals surface area contributed by atoms with Crippen molar-refractivity contribution in [2.24, 2.45) is 0 Å². The molecule has 0 saturated carbocycles. The number of hydrogen-bond acceptors (Lipinski definition) is 6. The third-order valence-electron chi connectivity index (χ3n) is 7.56. The average Bonchev–Trinajstić information content (AvgIpc) is 3.58. The smallest absolute Gasteiger partial charge is 0.266 e. The molecule has 1 aromatic carbocycles. The third kappa shape index (κ3) is 5.15. The van der Waals surface area contributed by atoms with Gasteiger partial charge < -0.3 is 15.0 Å². The molecule has 0 radical (unpaired) electrons. The molecule has 8 nitrogen and oxygen atoms in total. The van der Waals surface area contributed by atoms with Gasteiger partial charge in [0.15, 0.2) is 5.65 Å². The van der Waals surface area contributed by atoms with Gasteiger partial charge in [0, 0.05) is 51.1 Å². The highest BCUT2D eigenvalue weighted by Gasteiger charge is 2.31. The van der Waals surface area contributed by atoms with Crippen LogP contribution in [0, 0.1) is 5.82 Å². The van der Waals surface area contributed by atoms with Crippen LogP contribution in [0.4, 0.5) is 18.9 Å². The van der Waals surface area contributed by atoms with Crippen molar-refractivity contribution >= 4 is 17.2 Å². The quantitative estimate of drug-likeness (QED) is 0.512. The fraction of sp³-hybridized carbons (Fsp3) is 0.500. The maximum Gasteiger partial charge on any atom is 0.266 e. The summed E-state index contributed by atoms with van der Waals surface area (Å²) in [6.07, 6.45) is 3.42. The molecule has 0 aliphatic carbocycles. The van der Waals surface area contributed by atoms with Gasteiger partial charge >= 0.3 is 0 Å². The van der Waals surface area contributed by atoms with Crippen LogP contribution in [0.25, 0.3) is 5.65 Å². The predicted molar refractivity (Wildman–Crippen MR) is 132 cm³/mol. The number of piperidine rings is 1. The van der Waals surface area contributed by atoms with Crippen molar-refractivity contribution in [3.63, 3.8) is 0 Å². The summed E-state index contributed by atoms with van der Waals surface area (Å²) in [6, 6.07) is 5.27. The number of fused-ring (bicyclic) bond motifs is 1. The summed E-state index contributed by atoms with van der Waals surface area (Å²) in [6.45, 7) is 5.21. The third-order valence-corrected chi connectivity index (χ3v) is 7.56. The molecule has 5 rings (SSSR count). The van der Waals surface area contributed by atoms with Crippen LogP contribution in [-0.2, 0) is 4.74 Å². The molecule has 3 aromatic rings. The first-order valence-electron chi connectivity index (χ1n) is 12.6. The van der Waals surface area contributed by atoms with E-state index in [2.05, 4.69) is 25.2 Å². The number of methoxy groups -OCH3 is 1. The van der Waals surface area contributed by atoms with E-state index >= 15 is 0 Å². The number of rotatable bonds is 7. The molecule has 2 fully saturated rings. The van der Waals surface area contributed by atoms with Crippen molar-refractivity contribution in [2.45, 2.75) is 50.8 Å². The second-order valence-corrected chi connectivity index (χ2v) is 9.75. The largest absolute Gasteiger partial charge is 0.380 e. The number of nitrogens with one attached hydrogen (secondary N) is 1. The van der Waals surface area contributed by atoms with Gasteiger partial charge in [0.2, 0.25) is 0 Å². The van der Waals surface area contributed by atoms with E-state index in [0.29, 0.717) is 23.4 Å². The Kier molecular flexibility index (Phi) is 7.34. The SMILES string of the molecule is CO[C@H]1CCN(C2CCN(c3cc(C(=O)N[C@H](C)c4cccc(C(F)F)c4F)cn4ncnc34)CC2)C1. The van der Waals surface area contributed by atoms with E-state index in [0.717, 1.165) is 57.2 Å². The van der Waals surface area contributed by atoms with Crippen molar-refractivity contribution in [3.05, 3.63) is 59.3 Å². The number of ether oxygens (including phenoxy) is 1. The van der Waals surface area contributed by atoms with Crippen molar-refractivity contribution in [3.8, 4) is 0 Å². The van der Waals surface area contributed by atoms with Gasteiger partial charge in [0.05, 0.1) is 29.0 Å². The Hall–Kier alpha value is -3.18. The second kappa shape index (κ2) is 10.7. The molecule has 2 aromatic heterocycles. The van der Waals surface area contributed by atoms with Gasteiger partial charge in [-0.15, -0.1) is 0 Å². The zero-order chi connectivity index (χ0) is 26.1. The molecule has 2 saturated heterocycles. The molecule has 37 heavy (non-hydrogen) atoms. The number of likely N-dealkylation sites (tertiary alicyclic amines) is 1. The minimum atomic E-state index is -2.93. The number of amides is 1. The summed E-state index contributed by atoms with van der Waals surface area (Å²) in [5.74, 6) is -1.46. The number of nitrogens with zero attached hydrogens (tertiary/aromatic N) is 5. The van der Waals surface area contributed by atoms with E-state index in [1.54, 1.807) is 30.8 Å². The Morgan fingerprint density at radius 3 is 2.62 bits per heavy atom. The Labute approximate surface area is 213 Å². The van der Waals surface area contributed by atoms with Crippen molar-refractivity contribution in [1.29, 1.82) is 0 Å². The lowest BCUT2D eigenvalue weighted by Crippen LogP contribution is -2.44. The number of hydrogen-bond donors (Lipinski definition) is 1. The Morgan fingerprint density at radius 2 is 1.92 bits per heavy atom. The van der Waals surface area contributed by atoms with Gasteiger partial charge in [0.25, 0.3) is 12.3 Å². The molecular formula is C26H31F3N6O2. The number of benzene rings is 1. The molecule has 2 aliphatic rings. The minimum absolute atomic E-state index is 0.00732. The van der Waals surface area contributed by atoms with E-state index in [1.165, 1.54) is 18.5 Å². The summed E-state index contributed by atoms with van der Waals surface area (Å²) < 4.78 is 47.9. The number of alkyl halides is 2. The van der Waals surface area contributed by atoms with Crippen molar-refractivity contribution < 1.29 is 22.7 Å². The van der Waals surface area contributed by atoms with E-state index < -0.39 is 29.8 Å². The summed E-state index contributed by atoms with van der Waals surface area (Å²) in [4.78, 5) is 22.3. The number of carbonyl (C=O) groups is 1. The summed E-state index contributed by atoms with van der Waals surface area (Å²) in [7, 11) is 1.77. The lowest BCUT2D eigenvalue weighted by atomic mass is 10.0. The normalized spacial score (nSPS) is 20.2. The number of halogens is 3. The van der Waals surface area contributed by atoms with Crippen LogP contribution in [0.15, 0.2) is 36.8 Å². The highest BCUT2D eigenvalue weighted by atomic mass is 19.3. The first-order valence-corrected chi connectivity index (χ1v) is 12.6. The van der Waals surface area contributed by atoms with Crippen LogP contribution >= 0.6 is 0 Å². The number of anilines is 1. The minimum Gasteiger partial charge on any atom is -0.380 e. The van der Waals surface area contributed by atoms with Crippen LogP contribution in [0.1, 0.15) is 60.1 Å². The fourth-order valence-electron chi connectivity index (χ4n) is 5.44. The highest BCUT2D eigenvalue weighted by Crippen LogP contribution is 2.30. The zero-order valence-electron chi connectivity index (χ0n) is 20.9. The lowest BCUT2D eigenvalue weighted by molar-refractivity contribution is 0.0938. The molecular weight excluding hydrogens is 485 g/mol. The molecule has 2 atom stereocenters. The number of carbonyl (C=O) groups excluding carboxylic acids is 1. The molecule has 11 heteroatoms. The highest BCUT2D eigenvalue weighted by molar-refractivity contribution is 5.96. The van der Waals surface area contributed by atoms with Crippen LogP contribution in [0.5, 0.6) is 0 Å². The van der Waals surface area contributed by atoms with Crippen LogP contribution in [-0.4, -0.2) is 70.8 Å². The zero-order valence-corrected chi connectivity index (χ0v) is 20.9. The van der Waals surface area contributed by atoms with Gasteiger partial charge in [-0.1, -0.05) is 18.2 Å². The molecule has 198 valence electrons. The van der Waals surface area contributed by atoms with Crippen LogP contribution in [0.3, 0.4) is 0 Å². The van der Waals surface area contributed by atoms with Crippen molar-refractivity contribution in [1.82, 2.24) is 24.8 Å². The number of aromatic nitrogens is 3. The van der Waals surface area contributed by atoms with E-state index in [1.807, 2.05) is 0 Å². The molecule has 0 bridgehead atoms. The van der Waals surface area contributed by atoms with Crippen LogP contribution in [0.2, 0.25) is 0 Å². The lowest BCUT2D eigenvalue weighted by Gasteiger charge is -2.38. The molecule has 1 N–H and O–H groups in total. The van der Waals surface area contributed by atoms with Crippen LogP contribution < -0.4 is 10.2 Å². The fourth-order valence-corrected chi connectivity index (χ4v) is 5.44. The van der Waals surface area contributed by atoms with E-state index in [4.69, 9.17) is 4.74 Å². The maximum absolute atomic E-state index is 14.6. The first-order chi connectivity index (χ1) is 17.9. The molecule has 1 amide bonds. The Balaban J connectivity index is 1.32. The molecule has 2 aliphatic heterocycles. The molecule has 4 heterocycles. The average molecular weight is 517 g/mol. The topological polar surface area (TPSA) is 75.0 Å². The van der Waals surface area contributed by atoms with Gasteiger partial charge in [-0.05, 0) is 32.3 Å². The first kappa shape index (κ1) is 25.5. The molecule has 0 spiro atoms. The predicted octanol–water partition coefficient (Wildman–Crippen LogP) is 3.99. The van der Waals surface area contributed by atoms with Gasteiger partial charge in [-0.25, -0.2) is 22.7 Å². The second-order valence-electron chi connectivity index (χ2n) is 9.75. The van der Waals surface area contributed by atoms with Crippen molar-refractivity contribution in [2.75, 3.05) is 38.2 Å². The van der Waals surface area contributed by atoms with Gasteiger partial charge in [0.1, 0.15) is 12.1 Å². The Bertz CT molecular complexity index is 1260. The van der Waals surface area contributed by atoms with E-state index in [9.17, 15) is 18.0 Å². The monoisotopic (exact) mass is 516 g/mol. The summed E-state index contributed by atoms with van der Waals surface area (Å²) in [5, 5.41) is 6.97. The molecule has 0 unspecified atom stereocenters. The Morgan fingerprint density at radius 1 is 1.16 bits per heavy atom. The standard InChI is InChI=1S/C26H31F3N6O2/c1-16(20-4-3-5-21(23(20)27)24(28)29)32-26(36)17-12-22(25-30-15-31-35(25)13-17)33-9-6-18(7-10-33)34-11-8-19(14-34)37-2/h3-5,12-13,15-16,18-19,24H,6-11,14H2,1-2H3,(H,32,36)/t16-,19+/m1/s1. The number of pyridine rings is 1.